The molecule has 2 rings (SSSR count). The van der Waals surface area contributed by atoms with E-state index in [1.807, 2.05) is 0 Å². The minimum absolute atomic E-state index is 0.467. The summed E-state index contributed by atoms with van der Waals surface area (Å²) in [6.45, 7) is 1.26. The van der Waals surface area contributed by atoms with Gasteiger partial charge in [0.25, 0.3) is 0 Å². The van der Waals surface area contributed by atoms with Crippen LogP contribution in [0.5, 0.6) is 0 Å². The van der Waals surface area contributed by atoms with Crippen LogP contribution in [0.2, 0.25) is 0 Å². The van der Waals surface area contributed by atoms with Crippen LogP contribution in [-0.4, -0.2) is 18.6 Å². The maximum Gasteiger partial charge on any atom is 0.00671 e. The average Bonchev–Trinajstić information content (AvgIpc) is 2.70. The van der Waals surface area contributed by atoms with E-state index in [0.717, 1.165) is 12.0 Å². The van der Waals surface area contributed by atoms with Gasteiger partial charge in [0.15, 0.2) is 0 Å². The maximum atomic E-state index is 6.27. The van der Waals surface area contributed by atoms with Crippen molar-refractivity contribution in [3.63, 3.8) is 0 Å². The van der Waals surface area contributed by atoms with Crippen molar-refractivity contribution in [3.8, 4) is 0 Å². The smallest absolute Gasteiger partial charge is 0.00671 e. The molecular formula is C23H46N2. The highest BCUT2D eigenvalue weighted by Crippen LogP contribution is 2.22. The van der Waals surface area contributed by atoms with E-state index >= 15 is 0 Å². The van der Waals surface area contributed by atoms with E-state index in [4.69, 9.17) is 5.73 Å². The summed E-state index contributed by atoms with van der Waals surface area (Å²) in [7, 11) is 0. The van der Waals surface area contributed by atoms with E-state index in [1.165, 1.54) is 129 Å². The van der Waals surface area contributed by atoms with Gasteiger partial charge >= 0.3 is 0 Å². The Hall–Kier alpha value is -0.0800. The number of nitrogens with one attached hydrogen (secondary N) is 1. The first-order valence-electron chi connectivity index (χ1n) is 11.8. The molecule has 2 nitrogen and oxygen atoms in total. The molecule has 0 aromatic rings. The second-order valence-electron chi connectivity index (χ2n) is 9.06. The van der Waals surface area contributed by atoms with Crippen molar-refractivity contribution in [2.45, 2.75) is 134 Å². The molecule has 2 fully saturated rings. The van der Waals surface area contributed by atoms with Gasteiger partial charge in [0.05, 0.1) is 0 Å². The van der Waals surface area contributed by atoms with Gasteiger partial charge in [-0.15, -0.1) is 0 Å². The molecule has 0 radical (unpaired) electrons. The molecule has 0 aromatic heterocycles. The molecule has 0 saturated heterocycles. The Kier molecular flexibility index (Phi) is 11.9. The first-order valence-corrected chi connectivity index (χ1v) is 11.8. The van der Waals surface area contributed by atoms with Gasteiger partial charge < -0.3 is 11.1 Å². The van der Waals surface area contributed by atoms with Crippen molar-refractivity contribution in [2.24, 2.45) is 11.7 Å². The van der Waals surface area contributed by atoms with E-state index in [9.17, 15) is 0 Å². The Morgan fingerprint density at radius 3 is 1.60 bits per heavy atom. The van der Waals surface area contributed by atoms with Gasteiger partial charge in [-0.05, 0) is 51.0 Å². The third-order valence-electron chi connectivity index (χ3n) is 6.67. The quantitative estimate of drug-likeness (QED) is 0.624. The summed E-state index contributed by atoms with van der Waals surface area (Å²) in [6, 6.07) is 1.26. The first kappa shape index (κ1) is 21.2. The summed E-state index contributed by atoms with van der Waals surface area (Å²) >= 11 is 0. The highest BCUT2D eigenvalue weighted by molar-refractivity contribution is 4.73. The van der Waals surface area contributed by atoms with Gasteiger partial charge in [-0.25, -0.2) is 0 Å². The summed E-state index contributed by atoms with van der Waals surface area (Å²) in [5, 5.41) is 4.01. The van der Waals surface area contributed by atoms with Gasteiger partial charge in [-0.3, -0.25) is 0 Å². The van der Waals surface area contributed by atoms with Crippen molar-refractivity contribution in [1.82, 2.24) is 5.32 Å². The fourth-order valence-corrected chi connectivity index (χ4v) is 4.88. The van der Waals surface area contributed by atoms with Crippen LogP contribution in [0.1, 0.15) is 122 Å². The lowest BCUT2D eigenvalue weighted by atomic mass is 9.94. The molecule has 2 aliphatic carbocycles. The Morgan fingerprint density at radius 2 is 0.960 bits per heavy atom. The van der Waals surface area contributed by atoms with Crippen molar-refractivity contribution < 1.29 is 0 Å². The van der Waals surface area contributed by atoms with Crippen molar-refractivity contribution >= 4 is 0 Å². The summed E-state index contributed by atoms with van der Waals surface area (Å²) in [4.78, 5) is 0. The molecule has 0 bridgehead atoms. The normalized spacial score (nSPS) is 30.1. The number of rotatable bonds is 3. The van der Waals surface area contributed by atoms with Crippen LogP contribution in [0.25, 0.3) is 0 Å². The third kappa shape index (κ3) is 10.6. The second-order valence-corrected chi connectivity index (χ2v) is 9.06. The zero-order valence-corrected chi connectivity index (χ0v) is 17.0. The standard InChI is InChI=1S/C23H46N2/c24-22-16-10-8-7-9-14-21(15-13-17-22)20-25-23-18-11-5-3-1-2-4-6-12-19-23/h21-23,25H,1-20,24H2. The molecule has 2 unspecified atom stereocenters. The van der Waals surface area contributed by atoms with Gasteiger partial charge in [-0.1, -0.05) is 83.5 Å². The molecule has 2 atom stereocenters. The second kappa shape index (κ2) is 14.0. The third-order valence-corrected chi connectivity index (χ3v) is 6.67. The van der Waals surface area contributed by atoms with Gasteiger partial charge in [0.2, 0.25) is 0 Å². The van der Waals surface area contributed by atoms with Gasteiger partial charge in [-0.2, -0.15) is 0 Å². The van der Waals surface area contributed by atoms with Gasteiger partial charge in [0.1, 0.15) is 0 Å². The summed E-state index contributed by atoms with van der Waals surface area (Å²) < 4.78 is 0. The minimum atomic E-state index is 0.467. The molecule has 0 heterocycles. The fraction of sp³-hybridized carbons (Fsp3) is 1.00. The first-order chi connectivity index (χ1) is 12.3. The van der Waals surface area contributed by atoms with Crippen LogP contribution in [0, 0.1) is 5.92 Å². The summed E-state index contributed by atoms with van der Waals surface area (Å²) in [5.41, 5.74) is 6.27. The number of hydrogen-bond donors (Lipinski definition) is 2. The molecule has 2 heteroatoms. The lowest BCUT2D eigenvalue weighted by Gasteiger charge is -2.24. The Balaban J connectivity index is 1.72. The van der Waals surface area contributed by atoms with E-state index < -0.39 is 0 Å². The van der Waals surface area contributed by atoms with Crippen LogP contribution < -0.4 is 11.1 Å². The molecule has 2 saturated carbocycles. The fourth-order valence-electron chi connectivity index (χ4n) is 4.88. The monoisotopic (exact) mass is 350 g/mol. The van der Waals surface area contributed by atoms with Gasteiger partial charge in [0, 0.05) is 12.1 Å². The highest BCUT2D eigenvalue weighted by Gasteiger charge is 2.15. The van der Waals surface area contributed by atoms with E-state index in [-0.39, 0.29) is 0 Å². The highest BCUT2D eigenvalue weighted by atomic mass is 14.9. The largest absolute Gasteiger partial charge is 0.328 e. The SMILES string of the molecule is NC1CCCCCCC(CNC2CCCCCCCCCC2)CCC1. The average molecular weight is 351 g/mol. The van der Waals surface area contributed by atoms with E-state index in [0.29, 0.717) is 6.04 Å². The minimum Gasteiger partial charge on any atom is -0.328 e. The lowest BCUT2D eigenvalue weighted by molar-refractivity contribution is 0.341. The van der Waals surface area contributed by atoms with Crippen molar-refractivity contribution in [1.29, 1.82) is 0 Å². The molecule has 3 N–H and O–H groups in total. The number of hydrogen-bond acceptors (Lipinski definition) is 2. The van der Waals surface area contributed by atoms with Crippen LogP contribution in [0.4, 0.5) is 0 Å². The maximum absolute atomic E-state index is 6.27. The van der Waals surface area contributed by atoms with Crippen LogP contribution >= 0.6 is 0 Å². The predicted octanol–water partition coefficient (Wildman–Crippen LogP) is 6.33. The van der Waals surface area contributed by atoms with Crippen molar-refractivity contribution in [3.05, 3.63) is 0 Å². The Bertz CT molecular complexity index is 292. The van der Waals surface area contributed by atoms with E-state index in [2.05, 4.69) is 5.32 Å². The summed E-state index contributed by atoms with van der Waals surface area (Å²) in [6.07, 6.45) is 26.8. The Morgan fingerprint density at radius 1 is 0.520 bits per heavy atom. The Labute approximate surface area is 158 Å². The molecular weight excluding hydrogens is 304 g/mol. The zero-order valence-electron chi connectivity index (χ0n) is 17.0. The molecule has 2 aliphatic rings. The molecule has 0 aliphatic heterocycles. The molecule has 148 valence electrons. The topological polar surface area (TPSA) is 38.0 Å². The van der Waals surface area contributed by atoms with Crippen LogP contribution in [-0.2, 0) is 0 Å². The number of nitrogens with two attached hydrogens (primary N) is 1. The van der Waals surface area contributed by atoms with E-state index in [1.54, 1.807) is 0 Å². The van der Waals surface area contributed by atoms with Crippen molar-refractivity contribution in [2.75, 3.05) is 6.54 Å². The summed E-state index contributed by atoms with van der Waals surface area (Å²) in [5.74, 6) is 0.892. The zero-order chi connectivity index (χ0) is 17.6. The predicted molar refractivity (Wildman–Crippen MR) is 111 cm³/mol. The molecule has 0 aromatic carbocycles. The van der Waals surface area contributed by atoms with Crippen LogP contribution in [0.3, 0.4) is 0 Å². The lowest BCUT2D eigenvalue weighted by Crippen LogP contribution is -2.33. The van der Waals surface area contributed by atoms with Crippen LogP contribution in [0.15, 0.2) is 0 Å². The molecule has 0 amide bonds. The molecule has 25 heavy (non-hydrogen) atoms. The molecule has 0 spiro atoms.